The van der Waals surface area contributed by atoms with Crippen LogP contribution < -0.4 is 4.74 Å². The van der Waals surface area contributed by atoms with E-state index in [1.165, 1.54) is 13.0 Å². The molecular weight excluding hydrogens is 277 g/mol. The van der Waals surface area contributed by atoms with E-state index in [4.69, 9.17) is 0 Å². The zero-order valence-corrected chi connectivity index (χ0v) is 10.9. The molecule has 0 atom stereocenters. The van der Waals surface area contributed by atoms with Crippen molar-refractivity contribution in [2.24, 2.45) is 0 Å². The minimum atomic E-state index is -3.03. The molecule has 0 radical (unpaired) electrons. The summed E-state index contributed by atoms with van der Waals surface area (Å²) in [6.07, 6.45) is 0.426. The average Bonchev–Trinajstić information content (AvgIpc) is 2.30. The van der Waals surface area contributed by atoms with Crippen molar-refractivity contribution in [2.45, 2.75) is 20.0 Å². The van der Waals surface area contributed by atoms with Crippen LogP contribution in [0.2, 0.25) is 0 Å². The SMILES string of the molecule is CC(=O)SCCC#Cc1ccc(F)cc1OC(F)F. The Morgan fingerprint density at radius 3 is 2.84 bits per heavy atom. The van der Waals surface area contributed by atoms with Gasteiger partial charge in [-0.2, -0.15) is 8.78 Å². The standard InChI is InChI=1S/C13H11F3O2S/c1-9(17)19-7-3-2-4-10-5-6-11(14)8-12(10)18-13(15)16/h5-6,8,13H,3,7H2,1H3. The lowest BCUT2D eigenvalue weighted by molar-refractivity contribution is -0.109. The van der Waals surface area contributed by atoms with Crippen LogP contribution in [-0.4, -0.2) is 17.5 Å². The molecule has 0 aliphatic rings. The molecule has 0 unspecified atom stereocenters. The lowest BCUT2D eigenvalue weighted by Gasteiger charge is -2.06. The van der Waals surface area contributed by atoms with Crippen molar-refractivity contribution >= 4 is 16.9 Å². The first-order valence-corrected chi connectivity index (χ1v) is 6.34. The predicted molar refractivity (Wildman–Crippen MR) is 67.7 cm³/mol. The fourth-order valence-corrected chi connectivity index (χ4v) is 1.69. The number of carbonyl (C=O) groups excluding carboxylic acids is 1. The van der Waals surface area contributed by atoms with Crippen molar-refractivity contribution in [1.82, 2.24) is 0 Å². The van der Waals surface area contributed by atoms with E-state index in [-0.39, 0.29) is 16.4 Å². The highest BCUT2D eigenvalue weighted by atomic mass is 32.2. The Morgan fingerprint density at radius 1 is 1.47 bits per heavy atom. The summed E-state index contributed by atoms with van der Waals surface area (Å²) in [5.41, 5.74) is 0.189. The number of rotatable bonds is 4. The van der Waals surface area contributed by atoms with Crippen LogP contribution in [0.5, 0.6) is 5.75 Å². The number of alkyl halides is 2. The van der Waals surface area contributed by atoms with Crippen LogP contribution in [-0.2, 0) is 4.79 Å². The van der Waals surface area contributed by atoms with E-state index in [1.54, 1.807) is 0 Å². The van der Waals surface area contributed by atoms with Gasteiger partial charge in [0.2, 0.25) is 0 Å². The maximum atomic E-state index is 12.9. The summed E-state index contributed by atoms with van der Waals surface area (Å²) in [6.45, 7) is -1.58. The van der Waals surface area contributed by atoms with E-state index in [9.17, 15) is 18.0 Å². The first-order chi connectivity index (χ1) is 8.99. The molecule has 19 heavy (non-hydrogen) atoms. The van der Waals surface area contributed by atoms with Gasteiger partial charge in [0.15, 0.2) is 5.12 Å². The minimum Gasteiger partial charge on any atom is -0.433 e. The quantitative estimate of drug-likeness (QED) is 0.627. The summed E-state index contributed by atoms with van der Waals surface area (Å²) >= 11 is 1.13. The van der Waals surface area contributed by atoms with Gasteiger partial charge in [-0.1, -0.05) is 23.6 Å². The second-order valence-electron chi connectivity index (χ2n) is 3.41. The summed E-state index contributed by atoms with van der Waals surface area (Å²) in [5.74, 6) is 4.90. The third-order valence-corrected chi connectivity index (χ3v) is 2.73. The van der Waals surface area contributed by atoms with Gasteiger partial charge in [-0.3, -0.25) is 4.79 Å². The Balaban J connectivity index is 2.71. The lowest BCUT2D eigenvalue weighted by atomic mass is 10.2. The molecule has 2 nitrogen and oxygen atoms in total. The van der Waals surface area contributed by atoms with Crippen LogP contribution in [0, 0.1) is 17.7 Å². The molecule has 1 aromatic rings. The van der Waals surface area contributed by atoms with Gasteiger partial charge >= 0.3 is 6.61 Å². The summed E-state index contributed by atoms with van der Waals surface area (Å²) in [5, 5.41) is -0.00898. The van der Waals surface area contributed by atoms with Crippen LogP contribution in [0.15, 0.2) is 18.2 Å². The van der Waals surface area contributed by atoms with Gasteiger partial charge in [-0.25, -0.2) is 4.39 Å². The molecule has 0 aromatic heterocycles. The van der Waals surface area contributed by atoms with Crippen LogP contribution in [0.25, 0.3) is 0 Å². The molecule has 0 heterocycles. The van der Waals surface area contributed by atoms with Crippen molar-refractivity contribution in [3.63, 3.8) is 0 Å². The van der Waals surface area contributed by atoms with Gasteiger partial charge in [0, 0.05) is 25.2 Å². The first kappa shape index (κ1) is 15.4. The van der Waals surface area contributed by atoms with Crippen molar-refractivity contribution in [3.8, 4) is 17.6 Å². The van der Waals surface area contributed by atoms with E-state index >= 15 is 0 Å². The number of carbonyl (C=O) groups is 1. The van der Waals surface area contributed by atoms with Crippen LogP contribution in [0.4, 0.5) is 13.2 Å². The van der Waals surface area contributed by atoms with Crippen LogP contribution >= 0.6 is 11.8 Å². The van der Waals surface area contributed by atoms with Crippen LogP contribution in [0.3, 0.4) is 0 Å². The van der Waals surface area contributed by atoms with Gasteiger partial charge in [0.1, 0.15) is 11.6 Å². The summed E-state index contributed by atoms with van der Waals surface area (Å²) in [7, 11) is 0. The summed E-state index contributed by atoms with van der Waals surface area (Å²) < 4.78 is 41.4. The molecule has 102 valence electrons. The molecule has 0 saturated heterocycles. The van der Waals surface area contributed by atoms with Crippen molar-refractivity contribution in [1.29, 1.82) is 0 Å². The normalized spacial score (nSPS) is 9.95. The lowest BCUT2D eigenvalue weighted by Crippen LogP contribution is -2.03. The van der Waals surface area contributed by atoms with Gasteiger partial charge in [0.25, 0.3) is 0 Å². The molecule has 1 aromatic carbocycles. The largest absolute Gasteiger partial charge is 0.433 e. The molecule has 0 aliphatic carbocycles. The maximum absolute atomic E-state index is 12.9. The van der Waals surface area contributed by atoms with Crippen molar-refractivity contribution < 1.29 is 22.7 Å². The Bertz CT molecular complexity index is 506. The maximum Gasteiger partial charge on any atom is 0.387 e. The molecule has 0 aliphatic heterocycles. The number of hydrogen-bond acceptors (Lipinski definition) is 3. The molecule has 1 rings (SSSR count). The van der Waals surface area contributed by atoms with E-state index in [2.05, 4.69) is 16.6 Å². The average molecular weight is 288 g/mol. The predicted octanol–water partition coefficient (Wildman–Crippen LogP) is 3.45. The number of benzene rings is 1. The minimum absolute atomic E-state index is 0.00898. The molecule has 0 bridgehead atoms. The molecule has 6 heteroatoms. The highest BCUT2D eigenvalue weighted by Gasteiger charge is 2.09. The number of halogens is 3. The number of thioether (sulfide) groups is 1. The molecular formula is C13H11F3O2S. The van der Waals surface area contributed by atoms with Gasteiger partial charge < -0.3 is 4.74 Å². The fourth-order valence-electron chi connectivity index (χ4n) is 1.20. The number of ether oxygens (including phenoxy) is 1. The summed E-state index contributed by atoms with van der Waals surface area (Å²) in [6, 6.07) is 3.26. The van der Waals surface area contributed by atoms with Crippen molar-refractivity contribution in [2.75, 3.05) is 5.75 Å². The Morgan fingerprint density at radius 2 is 2.21 bits per heavy atom. The highest BCUT2D eigenvalue weighted by molar-refractivity contribution is 8.13. The monoisotopic (exact) mass is 288 g/mol. The third-order valence-electron chi connectivity index (χ3n) is 1.92. The molecule has 0 fully saturated rings. The topological polar surface area (TPSA) is 26.3 Å². The van der Waals surface area contributed by atoms with E-state index in [0.717, 1.165) is 23.9 Å². The Kier molecular flexibility index (Phi) is 6.30. The van der Waals surface area contributed by atoms with E-state index in [1.807, 2.05) is 0 Å². The zero-order chi connectivity index (χ0) is 14.3. The molecule has 0 amide bonds. The van der Waals surface area contributed by atoms with Crippen molar-refractivity contribution in [3.05, 3.63) is 29.6 Å². The van der Waals surface area contributed by atoms with Gasteiger partial charge in [-0.05, 0) is 12.1 Å². The molecule has 0 saturated carbocycles. The summed E-state index contributed by atoms with van der Waals surface area (Å²) in [4.78, 5) is 10.7. The second kappa shape index (κ2) is 7.74. The fraction of sp³-hybridized carbons (Fsp3) is 0.308. The second-order valence-corrected chi connectivity index (χ2v) is 4.68. The third kappa shape index (κ3) is 6.20. The molecule has 0 N–H and O–H groups in total. The highest BCUT2D eigenvalue weighted by Crippen LogP contribution is 2.21. The molecule has 0 spiro atoms. The van der Waals surface area contributed by atoms with Gasteiger partial charge in [-0.15, -0.1) is 0 Å². The van der Waals surface area contributed by atoms with E-state index < -0.39 is 12.4 Å². The number of hydrogen-bond donors (Lipinski definition) is 0. The van der Waals surface area contributed by atoms with E-state index in [0.29, 0.717) is 12.2 Å². The first-order valence-electron chi connectivity index (χ1n) is 5.35. The van der Waals surface area contributed by atoms with Gasteiger partial charge in [0.05, 0.1) is 5.56 Å². The Labute approximate surface area is 113 Å². The van der Waals surface area contributed by atoms with Crippen LogP contribution in [0.1, 0.15) is 18.9 Å². The zero-order valence-electron chi connectivity index (χ0n) is 10.1. The Hall–Kier alpha value is -1.61. The smallest absolute Gasteiger partial charge is 0.387 e.